The van der Waals surface area contributed by atoms with Crippen LogP contribution in [0.2, 0.25) is 0 Å². The smallest absolute Gasteiger partial charge is 0.203 e. The maximum Gasteiger partial charge on any atom is 0.203 e. The quantitative estimate of drug-likeness (QED) is 0.823. The highest BCUT2D eigenvalue weighted by molar-refractivity contribution is 7.99. The van der Waals surface area contributed by atoms with Gasteiger partial charge in [0.2, 0.25) is 5.13 Å². The molecule has 0 aliphatic carbocycles. The highest BCUT2D eigenvalue weighted by atomic mass is 32.2. The molecule has 2 N–H and O–H groups in total. The average Bonchev–Trinajstić information content (AvgIpc) is 2.51. The molecule has 1 fully saturated rings. The standard InChI is InChI=1S/C8H14N4S2/c1-6-4-12(2-3-13-6)5-7-10-11-8(9)14-7/h6H,2-5H2,1H3,(H2,9,11). The molecule has 1 saturated heterocycles. The summed E-state index contributed by atoms with van der Waals surface area (Å²) in [5.74, 6) is 1.22. The molecule has 78 valence electrons. The van der Waals surface area contributed by atoms with E-state index in [1.807, 2.05) is 11.8 Å². The number of nitrogens with two attached hydrogens (primary N) is 1. The maximum atomic E-state index is 5.53. The van der Waals surface area contributed by atoms with Gasteiger partial charge >= 0.3 is 0 Å². The van der Waals surface area contributed by atoms with Crippen molar-refractivity contribution in [3.63, 3.8) is 0 Å². The lowest BCUT2D eigenvalue weighted by Gasteiger charge is -2.29. The third-order valence-electron chi connectivity index (χ3n) is 2.17. The van der Waals surface area contributed by atoms with E-state index in [0.717, 1.165) is 29.9 Å². The van der Waals surface area contributed by atoms with Gasteiger partial charge in [-0.3, -0.25) is 4.90 Å². The first-order chi connectivity index (χ1) is 6.74. The Morgan fingerprint density at radius 3 is 3.07 bits per heavy atom. The minimum absolute atomic E-state index is 0.569. The van der Waals surface area contributed by atoms with Gasteiger partial charge in [-0.2, -0.15) is 11.8 Å². The summed E-state index contributed by atoms with van der Waals surface area (Å²) < 4.78 is 0. The number of hydrogen-bond acceptors (Lipinski definition) is 6. The van der Waals surface area contributed by atoms with Gasteiger partial charge in [-0.1, -0.05) is 18.3 Å². The van der Waals surface area contributed by atoms with Gasteiger partial charge in [-0.25, -0.2) is 0 Å². The van der Waals surface area contributed by atoms with Crippen LogP contribution in [0.4, 0.5) is 5.13 Å². The number of anilines is 1. The number of aromatic nitrogens is 2. The molecule has 6 heteroatoms. The Kier molecular flexibility index (Phi) is 3.25. The van der Waals surface area contributed by atoms with Crippen LogP contribution < -0.4 is 5.73 Å². The average molecular weight is 230 g/mol. The lowest BCUT2D eigenvalue weighted by Crippen LogP contribution is -2.35. The van der Waals surface area contributed by atoms with Crippen molar-refractivity contribution in [2.24, 2.45) is 0 Å². The van der Waals surface area contributed by atoms with Crippen LogP contribution in [0, 0.1) is 0 Å². The Morgan fingerprint density at radius 1 is 1.57 bits per heavy atom. The van der Waals surface area contributed by atoms with Gasteiger partial charge in [0.25, 0.3) is 0 Å². The van der Waals surface area contributed by atoms with Crippen LogP contribution in [0.5, 0.6) is 0 Å². The Hall–Kier alpha value is -0.330. The van der Waals surface area contributed by atoms with E-state index in [4.69, 9.17) is 5.73 Å². The largest absolute Gasteiger partial charge is 0.374 e. The molecule has 0 saturated carbocycles. The molecule has 0 bridgehead atoms. The topological polar surface area (TPSA) is 55.0 Å². The van der Waals surface area contributed by atoms with Crippen LogP contribution in [-0.4, -0.2) is 39.2 Å². The van der Waals surface area contributed by atoms with Crippen LogP contribution in [0.25, 0.3) is 0 Å². The summed E-state index contributed by atoms with van der Waals surface area (Å²) in [5, 5.41) is 10.2. The van der Waals surface area contributed by atoms with E-state index in [0.29, 0.717) is 5.13 Å². The van der Waals surface area contributed by atoms with E-state index in [2.05, 4.69) is 22.0 Å². The zero-order valence-electron chi connectivity index (χ0n) is 8.14. The van der Waals surface area contributed by atoms with Crippen molar-refractivity contribution >= 4 is 28.2 Å². The predicted octanol–water partition coefficient (Wildman–Crippen LogP) is 1.06. The first kappa shape index (κ1) is 10.2. The third kappa shape index (κ3) is 2.59. The zero-order valence-corrected chi connectivity index (χ0v) is 9.77. The molecule has 2 rings (SSSR count). The van der Waals surface area contributed by atoms with Gasteiger partial charge < -0.3 is 5.73 Å². The Labute approximate surface area is 91.9 Å². The summed E-state index contributed by atoms with van der Waals surface area (Å²) in [6, 6.07) is 0. The van der Waals surface area contributed by atoms with Gasteiger partial charge in [-0.15, -0.1) is 10.2 Å². The summed E-state index contributed by atoms with van der Waals surface area (Å²) >= 11 is 3.53. The van der Waals surface area contributed by atoms with E-state index in [1.54, 1.807) is 0 Å². The molecule has 0 aromatic carbocycles. The summed E-state index contributed by atoms with van der Waals surface area (Å²) in [6.45, 7) is 5.46. The molecule has 1 unspecified atom stereocenters. The molecule has 0 spiro atoms. The first-order valence-electron chi connectivity index (χ1n) is 4.66. The lowest BCUT2D eigenvalue weighted by atomic mass is 10.4. The number of nitrogen functional groups attached to an aromatic ring is 1. The Balaban J connectivity index is 1.90. The Bertz CT molecular complexity index is 301. The van der Waals surface area contributed by atoms with Crippen LogP contribution in [0.15, 0.2) is 0 Å². The highest BCUT2D eigenvalue weighted by Gasteiger charge is 2.17. The predicted molar refractivity (Wildman–Crippen MR) is 61.5 cm³/mol. The van der Waals surface area contributed by atoms with Crippen molar-refractivity contribution in [1.82, 2.24) is 15.1 Å². The van der Waals surface area contributed by atoms with Gasteiger partial charge in [0, 0.05) is 24.1 Å². The highest BCUT2D eigenvalue weighted by Crippen LogP contribution is 2.20. The second-order valence-electron chi connectivity index (χ2n) is 3.45. The molecule has 2 heterocycles. The van der Waals surface area contributed by atoms with Crippen LogP contribution in [-0.2, 0) is 6.54 Å². The fourth-order valence-electron chi connectivity index (χ4n) is 1.56. The normalized spacial score (nSPS) is 23.9. The minimum Gasteiger partial charge on any atom is -0.374 e. The minimum atomic E-state index is 0.569. The first-order valence-corrected chi connectivity index (χ1v) is 6.52. The number of thioether (sulfide) groups is 1. The van der Waals surface area contributed by atoms with E-state index in [-0.39, 0.29) is 0 Å². The summed E-state index contributed by atoms with van der Waals surface area (Å²) in [6.07, 6.45) is 0. The molecular formula is C8H14N4S2. The molecule has 0 amide bonds. The number of nitrogens with zero attached hydrogens (tertiary/aromatic N) is 3. The molecule has 1 aromatic heterocycles. The monoisotopic (exact) mass is 230 g/mol. The van der Waals surface area contributed by atoms with Crippen molar-refractivity contribution in [2.45, 2.75) is 18.7 Å². The molecule has 1 aromatic rings. The Morgan fingerprint density at radius 2 is 2.43 bits per heavy atom. The summed E-state index contributed by atoms with van der Waals surface area (Å²) in [7, 11) is 0. The lowest BCUT2D eigenvalue weighted by molar-refractivity contribution is 0.277. The molecule has 4 nitrogen and oxygen atoms in total. The number of hydrogen-bond donors (Lipinski definition) is 1. The SMILES string of the molecule is CC1CN(Cc2nnc(N)s2)CCS1. The fourth-order valence-corrected chi connectivity index (χ4v) is 3.29. The van der Waals surface area contributed by atoms with E-state index in [1.165, 1.54) is 17.1 Å². The van der Waals surface area contributed by atoms with Gasteiger partial charge in [0.15, 0.2) is 0 Å². The van der Waals surface area contributed by atoms with Crippen LogP contribution in [0.1, 0.15) is 11.9 Å². The second-order valence-corrected chi connectivity index (χ2v) is 6.09. The van der Waals surface area contributed by atoms with Gasteiger partial charge in [0.1, 0.15) is 5.01 Å². The van der Waals surface area contributed by atoms with E-state index >= 15 is 0 Å². The second kappa shape index (κ2) is 4.46. The molecular weight excluding hydrogens is 216 g/mol. The van der Waals surface area contributed by atoms with Crippen molar-refractivity contribution in [2.75, 3.05) is 24.6 Å². The number of rotatable bonds is 2. The fraction of sp³-hybridized carbons (Fsp3) is 0.750. The van der Waals surface area contributed by atoms with E-state index in [9.17, 15) is 0 Å². The molecule has 1 aliphatic heterocycles. The van der Waals surface area contributed by atoms with E-state index < -0.39 is 0 Å². The third-order valence-corrected chi connectivity index (χ3v) is 4.04. The van der Waals surface area contributed by atoms with Crippen LogP contribution >= 0.6 is 23.1 Å². The maximum absolute atomic E-state index is 5.53. The molecule has 14 heavy (non-hydrogen) atoms. The van der Waals surface area contributed by atoms with Crippen LogP contribution in [0.3, 0.4) is 0 Å². The van der Waals surface area contributed by atoms with Crippen molar-refractivity contribution in [3.05, 3.63) is 5.01 Å². The van der Waals surface area contributed by atoms with Gasteiger partial charge in [0.05, 0.1) is 6.54 Å². The summed E-state index contributed by atoms with van der Waals surface area (Å²) in [4.78, 5) is 2.42. The zero-order chi connectivity index (χ0) is 9.97. The van der Waals surface area contributed by atoms with Crippen molar-refractivity contribution < 1.29 is 0 Å². The molecule has 1 atom stereocenters. The molecule has 0 radical (unpaired) electrons. The van der Waals surface area contributed by atoms with Crippen molar-refractivity contribution in [1.29, 1.82) is 0 Å². The molecule has 1 aliphatic rings. The van der Waals surface area contributed by atoms with Gasteiger partial charge in [-0.05, 0) is 0 Å². The van der Waals surface area contributed by atoms with Crippen molar-refractivity contribution in [3.8, 4) is 0 Å². The summed E-state index contributed by atoms with van der Waals surface area (Å²) in [5.41, 5.74) is 5.53.